The Kier molecular flexibility index (Phi) is 3.89. The normalized spacial score (nSPS) is 10.5. The molecule has 0 spiro atoms. The minimum Gasteiger partial charge on any atom is -0.496 e. The van der Waals surface area contributed by atoms with Gasteiger partial charge >= 0.3 is 0 Å². The van der Waals surface area contributed by atoms with E-state index in [-0.39, 0.29) is 5.95 Å². The Labute approximate surface area is 132 Å². The summed E-state index contributed by atoms with van der Waals surface area (Å²) in [7, 11) is 1.61. The molecule has 1 heterocycles. The van der Waals surface area contributed by atoms with Gasteiger partial charge in [-0.25, -0.2) is 4.98 Å². The van der Waals surface area contributed by atoms with Crippen LogP contribution in [0.25, 0.3) is 22.5 Å². The molecule has 0 unspecified atom stereocenters. The van der Waals surface area contributed by atoms with Crippen molar-refractivity contribution in [2.45, 2.75) is 0 Å². The van der Waals surface area contributed by atoms with Gasteiger partial charge in [-0.15, -0.1) is 10.2 Å². The Balaban J connectivity index is 2.25. The topological polar surface area (TPSA) is 73.9 Å². The first-order valence-electron chi connectivity index (χ1n) is 6.58. The fraction of sp³-hybridized carbons (Fsp3) is 0.0625. The van der Waals surface area contributed by atoms with Crippen molar-refractivity contribution in [3.8, 4) is 28.3 Å². The van der Waals surface area contributed by atoms with Crippen LogP contribution in [0, 0.1) is 0 Å². The molecule has 3 rings (SSSR count). The van der Waals surface area contributed by atoms with E-state index in [9.17, 15) is 0 Å². The van der Waals surface area contributed by atoms with Gasteiger partial charge in [-0.05, 0) is 24.3 Å². The van der Waals surface area contributed by atoms with Gasteiger partial charge in [0.1, 0.15) is 17.1 Å². The maximum absolute atomic E-state index is 6.06. The highest BCUT2D eigenvalue weighted by atomic mass is 35.5. The Bertz CT molecular complexity index is 823. The molecule has 6 heteroatoms. The summed E-state index contributed by atoms with van der Waals surface area (Å²) in [6.45, 7) is 0. The summed E-state index contributed by atoms with van der Waals surface area (Å²) in [4.78, 5) is 4.34. The van der Waals surface area contributed by atoms with Gasteiger partial charge in [-0.1, -0.05) is 35.9 Å². The van der Waals surface area contributed by atoms with E-state index in [1.807, 2.05) is 42.5 Å². The molecule has 0 atom stereocenters. The molecular formula is C16H13ClN4O. The van der Waals surface area contributed by atoms with Crippen molar-refractivity contribution in [3.63, 3.8) is 0 Å². The molecule has 3 aromatic rings. The smallest absolute Gasteiger partial charge is 0.240 e. The van der Waals surface area contributed by atoms with Gasteiger partial charge in [0, 0.05) is 16.1 Å². The van der Waals surface area contributed by atoms with Crippen LogP contribution in [0.2, 0.25) is 5.02 Å². The highest BCUT2D eigenvalue weighted by Crippen LogP contribution is 2.35. The summed E-state index contributed by atoms with van der Waals surface area (Å²) < 4.78 is 5.40. The number of nitrogens with two attached hydrogens (primary N) is 1. The molecule has 5 nitrogen and oxygen atoms in total. The Hall–Kier alpha value is -2.66. The van der Waals surface area contributed by atoms with Crippen molar-refractivity contribution in [3.05, 3.63) is 53.6 Å². The van der Waals surface area contributed by atoms with E-state index >= 15 is 0 Å². The van der Waals surface area contributed by atoms with Crippen molar-refractivity contribution < 1.29 is 4.74 Å². The Morgan fingerprint density at radius 1 is 1.00 bits per heavy atom. The van der Waals surface area contributed by atoms with Crippen LogP contribution in [0.15, 0.2) is 48.5 Å². The summed E-state index contributed by atoms with van der Waals surface area (Å²) in [6.07, 6.45) is 0. The zero-order chi connectivity index (χ0) is 15.5. The molecule has 0 amide bonds. The van der Waals surface area contributed by atoms with Crippen LogP contribution in [0.1, 0.15) is 0 Å². The maximum atomic E-state index is 6.06. The van der Waals surface area contributed by atoms with Crippen LogP contribution in [-0.4, -0.2) is 22.3 Å². The second-order valence-electron chi connectivity index (χ2n) is 4.58. The van der Waals surface area contributed by atoms with Gasteiger partial charge < -0.3 is 10.5 Å². The standard InChI is InChI=1S/C16H13ClN4O/c1-22-13-8-3-2-7-12(13)15-14(20-21-16(18)19-15)10-5-4-6-11(17)9-10/h2-9H,1H3,(H2,18,19,21). The summed E-state index contributed by atoms with van der Waals surface area (Å²) in [6, 6.07) is 14.9. The lowest BCUT2D eigenvalue weighted by atomic mass is 10.0. The predicted molar refractivity (Wildman–Crippen MR) is 86.7 cm³/mol. The zero-order valence-electron chi connectivity index (χ0n) is 11.8. The van der Waals surface area contributed by atoms with E-state index in [0.717, 1.165) is 11.1 Å². The van der Waals surface area contributed by atoms with Gasteiger partial charge in [0.05, 0.1) is 7.11 Å². The van der Waals surface area contributed by atoms with Gasteiger partial charge in [0.15, 0.2) is 0 Å². The largest absolute Gasteiger partial charge is 0.496 e. The lowest BCUT2D eigenvalue weighted by Crippen LogP contribution is -2.03. The molecule has 22 heavy (non-hydrogen) atoms. The van der Waals surface area contributed by atoms with E-state index in [1.165, 1.54) is 0 Å². The predicted octanol–water partition coefficient (Wildman–Crippen LogP) is 3.45. The number of aromatic nitrogens is 3. The van der Waals surface area contributed by atoms with Crippen LogP contribution in [0.5, 0.6) is 5.75 Å². The molecule has 2 aromatic carbocycles. The molecule has 0 aliphatic heterocycles. The summed E-state index contributed by atoms with van der Waals surface area (Å²) in [5.41, 5.74) is 8.52. The first-order chi connectivity index (χ1) is 10.7. The number of methoxy groups -OCH3 is 1. The fourth-order valence-electron chi connectivity index (χ4n) is 2.20. The van der Waals surface area contributed by atoms with E-state index in [0.29, 0.717) is 22.2 Å². The van der Waals surface area contributed by atoms with Crippen LogP contribution < -0.4 is 10.5 Å². The minimum atomic E-state index is 0.103. The first kappa shape index (κ1) is 14.3. The van der Waals surface area contributed by atoms with Crippen molar-refractivity contribution in [2.75, 3.05) is 12.8 Å². The molecule has 0 aliphatic carbocycles. The van der Waals surface area contributed by atoms with Gasteiger partial charge in [0.2, 0.25) is 5.95 Å². The lowest BCUT2D eigenvalue weighted by molar-refractivity contribution is 0.416. The third kappa shape index (κ3) is 2.71. The van der Waals surface area contributed by atoms with Crippen molar-refractivity contribution in [2.24, 2.45) is 0 Å². The quantitative estimate of drug-likeness (QED) is 0.801. The number of nitrogen functional groups attached to an aromatic ring is 1. The molecule has 110 valence electrons. The van der Waals surface area contributed by atoms with Gasteiger partial charge in [-0.3, -0.25) is 0 Å². The maximum Gasteiger partial charge on any atom is 0.240 e. The summed E-state index contributed by atoms with van der Waals surface area (Å²) >= 11 is 6.06. The molecule has 0 fully saturated rings. The van der Waals surface area contributed by atoms with Gasteiger partial charge in [0.25, 0.3) is 0 Å². The SMILES string of the molecule is COc1ccccc1-c1nc(N)nnc1-c1cccc(Cl)c1. The molecule has 0 radical (unpaired) electrons. The van der Waals surface area contributed by atoms with E-state index in [4.69, 9.17) is 22.1 Å². The van der Waals surface area contributed by atoms with Crippen LogP contribution >= 0.6 is 11.6 Å². The molecule has 1 aromatic heterocycles. The van der Waals surface area contributed by atoms with Crippen LogP contribution in [-0.2, 0) is 0 Å². The average Bonchev–Trinajstić information content (AvgIpc) is 2.54. The molecule has 0 saturated carbocycles. The molecule has 0 bridgehead atoms. The number of hydrogen-bond acceptors (Lipinski definition) is 5. The van der Waals surface area contributed by atoms with E-state index in [2.05, 4.69) is 15.2 Å². The molecule has 0 aliphatic rings. The highest BCUT2D eigenvalue weighted by Gasteiger charge is 2.16. The summed E-state index contributed by atoms with van der Waals surface area (Å²) in [5.74, 6) is 0.789. The minimum absolute atomic E-state index is 0.103. The number of anilines is 1. The highest BCUT2D eigenvalue weighted by molar-refractivity contribution is 6.30. The van der Waals surface area contributed by atoms with E-state index < -0.39 is 0 Å². The lowest BCUT2D eigenvalue weighted by Gasteiger charge is -2.11. The Morgan fingerprint density at radius 2 is 1.82 bits per heavy atom. The number of halogens is 1. The van der Waals surface area contributed by atoms with Crippen LogP contribution in [0.3, 0.4) is 0 Å². The third-order valence-corrected chi connectivity index (χ3v) is 3.40. The fourth-order valence-corrected chi connectivity index (χ4v) is 2.39. The number of para-hydroxylation sites is 1. The van der Waals surface area contributed by atoms with Crippen molar-refractivity contribution >= 4 is 17.5 Å². The van der Waals surface area contributed by atoms with Crippen LogP contribution in [0.4, 0.5) is 5.95 Å². The Morgan fingerprint density at radius 3 is 2.59 bits per heavy atom. The second kappa shape index (κ2) is 5.99. The number of ether oxygens (including phenoxy) is 1. The molecular weight excluding hydrogens is 300 g/mol. The number of hydrogen-bond donors (Lipinski definition) is 1. The van der Waals surface area contributed by atoms with Crippen molar-refractivity contribution in [1.29, 1.82) is 0 Å². The summed E-state index contributed by atoms with van der Waals surface area (Å²) in [5, 5.41) is 8.66. The average molecular weight is 313 g/mol. The first-order valence-corrected chi connectivity index (χ1v) is 6.96. The number of benzene rings is 2. The van der Waals surface area contributed by atoms with Gasteiger partial charge in [-0.2, -0.15) is 0 Å². The number of nitrogens with zero attached hydrogens (tertiary/aromatic N) is 3. The third-order valence-electron chi connectivity index (χ3n) is 3.16. The molecule has 0 saturated heterocycles. The number of rotatable bonds is 3. The zero-order valence-corrected chi connectivity index (χ0v) is 12.6. The monoisotopic (exact) mass is 312 g/mol. The van der Waals surface area contributed by atoms with Crippen molar-refractivity contribution in [1.82, 2.24) is 15.2 Å². The molecule has 2 N–H and O–H groups in total. The second-order valence-corrected chi connectivity index (χ2v) is 5.01. The van der Waals surface area contributed by atoms with E-state index in [1.54, 1.807) is 13.2 Å².